The highest BCUT2D eigenvalue weighted by Crippen LogP contribution is 2.52. The van der Waals surface area contributed by atoms with Crippen LogP contribution in [0.3, 0.4) is 0 Å². The van der Waals surface area contributed by atoms with Crippen LogP contribution in [0, 0.1) is 23.7 Å². The van der Waals surface area contributed by atoms with Crippen molar-refractivity contribution in [2.24, 2.45) is 0 Å². The Bertz CT molecular complexity index is 1110. The number of epoxide rings is 1. The Morgan fingerprint density at radius 1 is 1.06 bits per heavy atom. The maximum atomic E-state index is 6.38. The van der Waals surface area contributed by atoms with Gasteiger partial charge >= 0.3 is 0 Å². The second-order valence-corrected chi connectivity index (χ2v) is 8.94. The van der Waals surface area contributed by atoms with E-state index in [1.54, 1.807) is 20.3 Å². The average Bonchev–Trinajstić information content (AvgIpc) is 3.28. The zero-order valence-electron chi connectivity index (χ0n) is 19.8. The molecule has 7 heteroatoms. The maximum Gasteiger partial charge on any atom is 0.169 e. The molecule has 5 rings (SSSR count). The van der Waals surface area contributed by atoms with Crippen LogP contribution in [0.5, 0.6) is 5.75 Å². The monoisotopic (exact) mass is 464 g/mol. The van der Waals surface area contributed by atoms with Gasteiger partial charge in [0, 0.05) is 24.3 Å². The fraction of sp³-hybridized carbons (Fsp3) is 0.481. The second-order valence-electron chi connectivity index (χ2n) is 8.94. The molecular formula is C27H28O7. The third kappa shape index (κ3) is 4.39. The molecule has 0 saturated carbocycles. The highest BCUT2D eigenvalue weighted by Gasteiger charge is 2.69. The summed E-state index contributed by atoms with van der Waals surface area (Å²) in [5.74, 6) is 13.0. The van der Waals surface area contributed by atoms with E-state index in [1.807, 2.05) is 44.2 Å². The molecule has 2 saturated heterocycles. The van der Waals surface area contributed by atoms with Gasteiger partial charge in [-0.15, -0.1) is 0 Å². The van der Waals surface area contributed by atoms with Gasteiger partial charge in [0.15, 0.2) is 17.5 Å². The second kappa shape index (κ2) is 9.20. The van der Waals surface area contributed by atoms with Gasteiger partial charge < -0.3 is 33.2 Å². The van der Waals surface area contributed by atoms with Gasteiger partial charge in [0.1, 0.15) is 30.9 Å². The van der Waals surface area contributed by atoms with Crippen LogP contribution in [0.1, 0.15) is 19.4 Å². The molecule has 34 heavy (non-hydrogen) atoms. The molecule has 7 nitrogen and oxygen atoms in total. The van der Waals surface area contributed by atoms with Crippen molar-refractivity contribution in [2.45, 2.75) is 56.3 Å². The minimum atomic E-state index is -0.763. The SMILES string of the molecule is COCO[C@H]1C=C2C#C/C([C@H]3COC(C)(C)O3)=C\C#C[C@@H]3O[C@]23[C@@H]1OCc1ccc(OC)cc1. The first-order valence-corrected chi connectivity index (χ1v) is 11.3. The van der Waals surface area contributed by atoms with Crippen molar-refractivity contribution >= 4 is 0 Å². The Hall–Kier alpha value is -2.62. The van der Waals surface area contributed by atoms with Crippen molar-refractivity contribution in [3.05, 3.63) is 53.1 Å². The Kier molecular flexibility index (Phi) is 6.26. The fourth-order valence-corrected chi connectivity index (χ4v) is 4.43. The van der Waals surface area contributed by atoms with E-state index in [1.165, 1.54) is 0 Å². The van der Waals surface area contributed by atoms with Crippen LogP contribution in [-0.2, 0) is 35.0 Å². The molecule has 2 fully saturated rings. The summed E-state index contributed by atoms with van der Waals surface area (Å²) in [7, 11) is 3.23. The van der Waals surface area contributed by atoms with E-state index in [9.17, 15) is 0 Å². The Balaban J connectivity index is 1.39. The molecule has 1 aromatic carbocycles. The largest absolute Gasteiger partial charge is 0.497 e. The first-order valence-electron chi connectivity index (χ1n) is 11.3. The molecule has 1 spiro atoms. The van der Waals surface area contributed by atoms with Crippen molar-refractivity contribution in [2.75, 3.05) is 27.6 Å². The van der Waals surface area contributed by atoms with E-state index in [0.29, 0.717) is 13.2 Å². The van der Waals surface area contributed by atoms with Crippen molar-refractivity contribution in [3.63, 3.8) is 0 Å². The zero-order chi connectivity index (χ0) is 23.8. The molecule has 2 heterocycles. The Labute approximate surface area is 199 Å². The smallest absolute Gasteiger partial charge is 0.169 e. The number of methoxy groups -OCH3 is 2. The van der Waals surface area contributed by atoms with Crippen molar-refractivity contribution in [3.8, 4) is 29.4 Å². The molecule has 2 aliphatic heterocycles. The molecule has 0 radical (unpaired) electrons. The summed E-state index contributed by atoms with van der Waals surface area (Å²) in [4.78, 5) is 0. The lowest BCUT2D eigenvalue weighted by Crippen LogP contribution is -2.40. The summed E-state index contributed by atoms with van der Waals surface area (Å²) >= 11 is 0. The molecule has 0 amide bonds. The van der Waals surface area contributed by atoms with Gasteiger partial charge in [-0.25, -0.2) is 0 Å². The molecular weight excluding hydrogens is 436 g/mol. The van der Waals surface area contributed by atoms with Crippen LogP contribution in [0.15, 0.2) is 47.6 Å². The zero-order valence-corrected chi connectivity index (χ0v) is 19.8. The first kappa shape index (κ1) is 23.1. The van der Waals surface area contributed by atoms with Crippen molar-refractivity contribution in [1.29, 1.82) is 0 Å². The predicted octanol–water partition coefficient (Wildman–Crippen LogP) is 2.75. The van der Waals surface area contributed by atoms with Crippen LogP contribution < -0.4 is 4.74 Å². The van der Waals surface area contributed by atoms with Crippen molar-refractivity contribution < 1.29 is 33.2 Å². The van der Waals surface area contributed by atoms with Gasteiger partial charge in [-0.3, -0.25) is 0 Å². The molecule has 0 bridgehead atoms. The number of ether oxygens (including phenoxy) is 7. The molecule has 1 aromatic rings. The van der Waals surface area contributed by atoms with Gasteiger partial charge in [0.25, 0.3) is 0 Å². The standard InChI is InChI=1S/C27H28O7/c1-26(2)32-16-23(33-26)19-6-5-7-24-27(34-24)20(11-10-19)14-22(31-17-28-3)25(27)30-15-18-8-12-21(29-4)13-9-18/h6,8-9,12-14,22-25H,15-17H2,1-4H3/b19-6+/t22-,23+,24-,25+,27+/m0/s1. The summed E-state index contributed by atoms with van der Waals surface area (Å²) in [6, 6.07) is 7.76. The molecule has 0 unspecified atom stereocenters. The highest BCUT2D eigenvalue weighted by molar-refractivity contribution is 5.57. The van der Waals surface area contributed by atoms with Crippen molar-refractivity contribution in [1.82, 2.24) is 0 Å². The van der Waals surface area contributed by atoms with E-state index in [2.05, 4.69) is 23.7 Å². The third-order valence-electron chi connectivity index (χ3n) is 6.22. The minimum absolute atomic E-state index is 0.129. The van der Waals surface area contributed by atoms with Crippen LogP contribution >= 0.6 is 0 Å². The van der Waals surface area contributed by atoms with E-state index in [-0.39, 0.29) is 25.1 Å². The molecule has 0 aromatic heterocycles. The summed E-state index contributed by atoms with van der Waals surface area (Å²) in [5, 5.41) is 0. The number of rotatable bonds is 8. The molecule has 4 aliphatic rings. The number of allylic oxidation sites excluding steroid dienone is 1. The van der Waals surface area contributed by atoms with Crippen LogP contribution in [0.4, 0.5) is 0 Å². The summed E-state index contributed by atoms with van der Waals surface area (Å²) in [6.45, 7) is 4.73. The summed E-state index contributed by atoms with van der Waals surface area (Å²) in [5.41, 5.74) is 1.84. The first-order chi connectivity index (χ1) is 16.4. The lowest BCUT2D eigenvalue weighted by Gasteiger charge is -2.24. The number of hydrogen-bond donors (Lipinski definition) is 0. The van der Waals surface area contributed by atoms with Gasteiger partial charge in [0.2, 0.25) is 0 Å². The third-order valence-corrected chi connectivity index (χ3v) is 6.22. The molecule has 2 aliphatic carbocycles. The normalized spacial score (nSPS) is 33.9. The Morgan fingerprint density at radius 2 is 1.88 bits per heavy atom. The summed E-state index contributed by atoms with van der Waals surface area (Å²) in [6.07, 6.45) is 2.37. The fourth-order valence-electron chi connectivity index (χ4n) is 4.43. The summed E-state index contributed by atoms with van der Waals surface area (Å²) < 4.78 is 40.6. The van der Waals surface area contributed by atoms with Crippen LogP contribution in [0.2, 0.25) is 0 Å². The lowest BCUT2D eigenvalue weighted by atomic mass is 9.94. The van der Waals surface area contributed by atoms with E-state index >= 15 is 0 Å². The minimum Gasteiger partial charge on any atom is -0.497 e. The Morgan fingerprint density at radius 3 is 2.59 bits per heavy atom. The van der Waals surface area contributed by atoms with Gasteiger partial charge in [-0.05, 0) is 37.6 Å². The number of hydrogen-bond acceptors (Lipinski definition) is 7. The van der Waals surface area contributed by atoms with Gasteiger partial charge in [-0.1, -0.05) is 35.8 Å². The molecule has 178 valence electrons. The predicted molar refractivity (Wildman–Crippen MR) is 123 cm³/mol. The van der Waals surface area contributed by atoms with Gasteiger partial charge in [-0.2, -0.15) is 0 Å². The molecule has 5 atom stereocenters. The highest BCUT2D eigenvalue weighted by atomic mass is 16.7. The number of benzene rings is 1. The van der Waals surface area contributed by atoms with E-state index in [0.717, 1.165) is 22.5 Å². The van der Waals surface area contributed by atoms with E-state index < -0.39 is 17.5 Å². The van der Waals surface area contributed by atoms with Gasteiger partial charge in [0.05, 0.1) is 20.3 Å². The van der Waals surface area contributed by atoms with E-state index in [4.69, 9.17) is 33.2 Å². The average molecular weight is 465 g/mol. The maximum absolute atomic E-state index is 6.38. The van der Waals surface area contributed by atoms with Crippen LogP contribution in [-0.4, -0.2) is 63.4 Å². The topological polar surface area (TPSA) is 67.9 Å². The lowest BCUT2D eigenvalue weighted by molar-refractivity contribution is -0.133. The molecule has 0 N–H and O–H groups in total. The quantitative estimate of drug-likeness (QED) is 0.333. The van der Waals surface area contributed by atoms with Crippen LogP contribution in [0.25, 0.3) is 0 Å².